The molecule has 0 fully saturated rings. The van der Waals surface area contributed by atoms with Gasteiger partial charge in [0.25, 0.3) is 0 Å². The number of hydrogen-bond acceptors (Lipinski definition) is 3. The van der Waals surface area contributed by atoms with E-state index in [0.717, 1.165) is 6.07 Å². The molecule has 0 heterocycles. The number of aliphatic carboxylic acids is 1. The van der Waals surface area contributed by atoms with Gasteiger partial charge in [-0.3, -0.25) is 4.79 Å². The van der Waals surface area contributed by atoms with Gasteiger partial charge in [-0.05, 0) is 24.1 Å². The second-order valence-corrected chi connectivity index (χ2v) is 3.47. The Morgan fingerprint density at radius 1 is 1.44 bits per heavy atom. The molecule has 1 aromatic rings. The van der Waals surface area contributed by atoms with E-state index in [-0.39, 0.29) is 23.3 Å². The lowest BCUT2D eigenvalue weighted by atomic mass is 10.0. The van der Waals surface area contributed by atoms with Crippen molar-refractivity contribution in [2.45, 2.75) is 19.4 Å². The fourth-order valence-electron chi connectivity index (χ4n) is 1.29. The highest BCUT2D eigenvalue weighted by Gasteiger charge is 2.17. The molecule has 0 saturated carbocycles. The van der Waals surface area contributed by atoms with E-state index in [1.807, 2.05) is 0 Å². The van der Waals surface area contributed by atoms with Crippen LogP contribution in [0, 0.1) is 5.82 Å². The highest BCUT2D eigenvalue weighted by Crippen LogP contribution is 2.17. The Hall–Kier alpha value is -1.75. The monoisotopic (exact) mass is 226 g/mol. The molecule has 16 heavy (non-hydrogen) atoms. The van der Waals surface area contributed by atoms with E-state index >= 15 is 0 Å². The van der Waals surface area contributed by atoms with Gasteiger partial charge in [0.1, 0.15) is 11.6 Å². The first-order chi connectivity index (χ1) is 7.41. The maximum Gasteiger partial charge on any atom is 0.337 e. The van der Waals surface area contributed by atoms with Crippen LogP contribution >= 0.6 is 0 Å². The lowest BCUT2D eigenvalue weighted by Gasteiger charge is -2.07. The summed E-state index contributed by atoms with van der Waals surface area (Å²) in [6, 6.07) is 3.52. The molecule has 0 bridgehead atoms. The van der Waals surface area contributed by atoms with Crippen LogP contribution in [0.1, 0.15) is 24.2 Å². The summed E-state index contributed by atoms with van der Waals surface area (Å²) in [5, 5.41) is 17.7. The average molecular weight is 226 g/mol. The molecule has 86 valence electrons. The van der Waals surface area contributed by atoms with Gasteiger partial charge in [-0.2, -0.15) is 0 Å². The molecule has 0 saturated heterocycles. The molecule has 0 aromatic heterocycles. The molecule has 1 rings (SSSR count). The third kappa shape index (κ3) is 2.87. The van der Waals surface area contributed by atoms with Crippen LogP contribution in [-0.2, 0) is 16.0 Å². The largest absolute Gasteiger partial charge is 0.479 e. The first kappa shape index (κ1) is 12.3. The van der Waals surface area contributed by atoms with Crippen LogP contribution in [0.3, 0.4) is 0 Å². The van der Waals surface area contributed by atoms with Crippen molar-refractivity contribution < 1.29 is 24.2 Å². The summed E-state index contributed by atoms with van der Waals surface area (Å²) in [7, 11) is 0. The van der Waals surface area contributed by atoms with Crippen molar-refractivity contribution in [3.63, 3.8) is 0 Å². The van der Waals surface area contributed by atoms with E-state index in [4.69, 9.17) is 10.2 Å². The fraction of sp³-hybridized carbons (Fsp3) is 0.273. The standard InChI is InChI=1S/C11H11FO4/c1-6(13)4-7-2-3-8(5-9(7)12)10(14)11(15)16/h2-3,5,10,14H,4H2,1H3,(H,15,16). The second kappa shape index (κ2) is 4.85. The summed E-state index contributed by atoms with van der Waals surface area (Å²) in [6.45, 7) is 1.33. The smallest absolute Gasteiger partial charge is 0.337 e. The number of carbonyl (C=O) groups excluding carboxylic acids is 1. The molecule has 0 radical (unpaired) electrons. The molecule has 5 heteroatoms. The molecule has 0 aliphatic heterocycles. The number of carbonyl (C=O) groups is 2. The van der Waals surface area contributed by atoms with Crippen molar-refractivity contribution in [3.05, 3.63) is 35.1 Å². The van der Waals surface area contributed by atoms with E-state index in [1.54, 1.807) is 0 Å². The molecule has 1 atom stereocenters. The van der Waals surface area contributed by atoms with Gasteiger partial charge in [0.15, 0.2) is 6.10 Å². The van der Waals surface area contributed by atoms with Crippen LogP contribution in [0.4, 0.5) is 4.39 Å². The Balaban J connectivity index is 2.99. The zero-order valence-electron chi connectivity index (χ0n) is 8.61. The van der Waals surface area contributed by atoms with Gasteiger partial charge in [0, 0.05) is 6.42 Å². The van der Waals surface area contributed by atoms with Gasteiger partial charge in [0.2, 0.25) is 0 Å². The van der Waals surface area contributed by atoms with Crippen molar-refractivity contribution >= 4 is 11.8 Å². The number of Topliss-reactive ketones (excluding diaryl/α,β-unsaturated/α-hetero) is 1. The summed E-state index contributed by atoms with van der Waals surface area (Å²) in [6.07, 6.45) is -1.80. The van der Waals surface area contributed by atoms with Crippen LogP contribution < -0.4 is 0 Å². The first-order valence-electron chi connectivity index (χ1n) is 4.60. The normalized spacial score (nSPS) is 12.2. The number of halogens is 1. The molecule has 4 nitrogen and oxygen atoms in total. The van der Waals surface area contributed by atoms with Crippen molar-refractivity contribution in [1.82, 2.24) is 0 Å². The van der Waals surface area contributed by atoms with Crippen molar-refractivity contribution in [2.24, 2.45) is 0 Å². The fourth-order valence-corrected chi connectivity index (χ4v) is 1.29. The van der Waals surface area contributed by atoms with Gasteiger partial charge in [-0.1, -0.05) is 12.1 Å². The number of benzene rings is 1. The van der Waals surface area contributed by atoms with Crippen molar-refractivity contribution in [2.75, 3.05) is 0 Å². The molecule has 0 spiro atoms. The Morgan fingerprint density at radius 3 is 2.50 bits per heavy atom. The maximum atomic E-state index is 13.4. The Morgan fingerprint density at radius 2 is 2.06 bits per heavy atom. The van der Waals surface area contributed by atoms with E-state index in [9.17, 15) is 14.0 Å². The number of hydrogen-bond donors (Lipinski definition) is 2. The van der Waals surface area contributed by atoms with Crippen LogP contribution in [0.5, 0.6) is 0 Å². The number of aliphatic hydroxyl groups excluding tert-OH is 1. The number of aliphatic hydroxyl groups is 1. The molecule has 1 aromatic carbocycles. The lowest BCUT2D eigenvalue weighted by Crippen LogP contribution is -2.11. The van der Waals surface area contributed by atoms with E-state index in [2.05, 4.69) is 0 Å². The van der Waals surface area contributed by atoms with Crippen LogP contribution in [-0.4, -0.2) is 22.0 Å². The van der Waals surface area contributed by atoms with E-state index in [0.29, 0.717) is 0 Å². The van der Waals surface area contributed by atoms with Crippen LogP contribution in [0.2, 0.25) is 0 Å². The summed E-state index contributed by atoms with van der Waals surface area (Å²) in [5.41, 5.74) is 0.145. The SMILES string of the molecule is CC(=O)Cc1ccc(C(O)C(=O)O)cc1F. The van der Waals surface area contributed by atoms with E-state index < -0.39 is 17.9 Å². The third-order valence-corrected chi connectivity index (χ3v) is 2.07. The highest BCUT2D eigenvalue weighted by molar-refractivity contribution is 5.78. The number of rotatable bonds is 4. The minimum atomic E-state index is -1.75. The van der Waals surface area contributed by atoms with Gasteiger partial charge in [-0.25, -0.2) is 9.18 Å². The molecule has 0 aliphatic rings. The van der Waals surface area contributed by atoms with Gasteiger partial charge >= 0.3 is 5.97 Å². The predicted molar refractivity (Wildman–Crippen MR) is 53.4 cm³/mol. The molecular formula is C11H11FO4. The van der Waals surface area contributed by atoms with Gasteiger partial charge in [0.05, 0.1) is 0 Å². The Bertz CT molecular complexity index is 428. The number of carboxylic acids is 1. The number of ketones is 1. The summed E-state index contributed by atoms with van der Waals surface area (Å²) in [4.78, 5) is 21.2. The van der Waals surface area contributed by atoms with Crippen LogP contribution in [0.25, 0.3) is 0 Å². The maximum absolute atomic E-state index is 13.4. The van der Waals surface area contributed by atoms with Crippen molar-refractivity contribution in [3.8, 4) is 0 Å². The Kier molecular flexibility index (Phi) is 3.73. The molecular weight excluding hydrogens is 215 g/mol. The lowest BCUT2D eigenvalue weighted by molar-refractivity contribution is -0.147. The van der Waals surface area contributed by atoms with Crippen molar-refractivity contribution in [1.29, 1.82) is 0 Å². The minimum Gasteiger partial charge on any atom is -0.479 e. The summed E-state index contributed by atoms with van der Waals surface area (Å²) in [5.74, 6) is -2.32. The predicted octanol–water partition coefficient (Wildman–Crippen LogP) is 1.08. The average Bonchev–Trinajstić information content (AvgIpc) is 2.19. The van der Waals surface area contributed by atoms with Gasteiger partial charge < -0.3 is 10.2 Å². The third-order valence-electron chi connectivity index (χ3n) is 2.07. The zero-order chi connectivity index (χ0) is 12.3. The summed E-state index contributed by atoms with van der Waals surface area (Å²) < 4.78 is 13.4. The van der Waals surface area contributed by atoms with Gasteiger partial charge in [-0.15, -0.1) is 0 Å². The second-order valence-electron chi connectivity index (χ2n) is 3.47. The zero-order valence-corrected chi connectivity index (χ0v) is 8.61. The Labute approximate surface area is 91.3 Å². The topological polar surface area (TPSA) is 74.6 Å². The molecule has 1 unspecified atom stereocenters. The quantitative estimate of drug-likeness (QED) is 0.805. The van der Waals surface area contributed by atoms with Crippen LogP contribution in [0.15, 0.2) is 18.2 Å². The molecule has 0 aliphatic carbocycles. The van der Waals surface area contributed by atoms with E-state index in [1.165, 1.54) is 19.1 Å². The molecule has 2 N–H and O–H groups in total. The summed E-state index contributed by atoms with van der Waals surface area (Å²) >= 11 is 0. The number of carboxylic acid groups (broad SMARTS) is 1. The highest BCUT2D eigenvalue weighted by atomic mass is 19.1. The minimum absolute atomic E-state index is 0.0442. The first-order valence-corrected chi connectivity index (χ1v) is 4.60. The molecule has 0 amide bonds.